The molecule has 1 aliphatic carbocycles. The SMILES string of the molecule is C#C[C@]1(O)CCCC[C@@H]1N[C@@H](C)C(N)=O. The van der Waals surface area contributed by atoms with E-state index in [1.807, 2.05) is 0 Å². The monoisotopic (exact) mass is 210 g/mol. The van der Waals surface area contributed by atoms with Gasteiger partial charge in [0.15, 0.2) is 0 Å². The van der Waals surface area contributed by atoms with E-state index in [0.29, 0.717) is 6.42 Å². The van der Waals surface area contributed by atoms with Gasteiger partial charge in [0.05, 0.1) is 6.04 Å². The Morgan fingerprint density at radius 2 is 2.40 bits per heavy atom. The third kappa shape index (κ3) is 2.71. The van der Waals surface area contributed by atoms with Crippen LogP contribution in [-0.4, -0.2) is 28.7 Å². The summed E-state index contributed by atoms with van der Waals surface area (Å²) in [6.45, 7) is 1.67. The van der Waals surface area contributed by atoms with E-state index < -0.39 is 17.6 Å². The van der Waals surface area contributed by atoms with Crippen LogP contribution in [0.25, 0.3) is 0 Å². The molecule has 3 atom stereocenters. The topological polar surface area (TPSA) is 75.3 Å². The van der Waals surface area contributed by atoms with Crippen LogP contribution in [0.5, 0.6) is 0 Å². The van der Waals surface area contributed by atoms with Gasteiger partial charge in [-0.25, -0.2) is 0 Å². The highest BCUT2D eigenvalue weighted by Gasteiger charge is 2.38. The summed E-state index contributed by atoms with van der Waals surface area (Å²) < 4.78 is 0. The fraction of sp³-hybridized carbons (Fsp3) is 0.727. The van der Waals surface area contributed by atoms with Crippen LogP contribution in [0.3, 0.4) is 0 Å². The second-order valence-corrected chi connectivity index (χ2v) is 4.16. The Labute approximate surface area is 90.2 Å². The average Bonchev–Trinajstić information content (AvgIpc) is 2.21. The summed E-state index contributed by atoms with van der Waals surface area (Å²) in [7, 11) is 0. The van der Waals surface area contributed by atoms with Crippen molar-refractivity contribution >= 4 is 5.91 Å². The number of rotatable bonds is 3. The first-order chi connectivity index (χ1) is 6.99. The number of nitrogens with two attached hydrogens (primary N) is 1. The molecule has 1 fully saturated rings. The fourth-order valence-electron chi connectivity index (χ4n) is 1.93. The molecule has 0 aromatic carbocycles. The lowest BCUT2D eigenvalue weighted by atomic mass is 9.80. The summed E-state index contributed by atoms with van der Waals surface area (Å²) in [5, 5.41) is 13.1. The van der Waals surface area contributed by atoms with Crippen molar-refractivity contribution in [3.8, 4) is 12.3 Å². The molecular weight excluding hydrogens is 192 g/mol. The minimum absolute atomic E-state index is 0.237. The fourth-order valence-corrected chi connectivity index (χ4v) is 1.93. The van der Waals surface area contributed by atoms with Crippen molar-refractivity contribution in [1.82, 2.24) is 5.32 Å². The molecule has 4 nitrogen and oxygen atoms in total. The van der Waals surface area contributed by atoms with Crippen molar-refractivity contribution in [2.45, 2.75) is 50.3 Å². The molecule has 1 aliphatic rings. The summed E-state index contributed by atoms with van der Waals surface area (Å²) in [5.74, 6) is 1.98. The van der Waals surface area contributed by atoms with Crippen molar-refractivity contribution in [1.29, 1.82) is 0 Å². The second kappa shape index (κ2) is 4.65. The number of terminal acetylenes is 1. The van der Waals surface area contributed by atoms with Crippen LogP contribution in [0.4, 0.5) is 0 Å². The first kappa shape index (κ1) is 12.0. The number of carbonyl (C=O) groups is 1. The van der Waals surface area contributed by atoms with E-state index in [9.17, 15) is 9.90 Å². The summed E-state index contributed by atoms with van der Waals surface area (Å²) in [4.78, 5) is 10.9. The molecule has 4 N–H and O–H groups in total. The smallest absolute Gasteiger partial charge is 0.234 e. The Kier molecular flexibility index (Phi) is 3.72. The normalized spacial score (nSPS) is 33.0. The summed E-state index contributed by atoms with van der Waals surface area (Å²) in [5.41, 5.74) is 4.01. The van der Waals surface area contributed by atoms with Crippen molar-refractivity contribution in [2.24, 2.45) is 5.73 Å². The van der Waals surface area contributed by atoms with E-state index in [4.69, 9.17) is 12.2 Å². The quantitative estimate of drug-likeness (QED) is 0.563. The minimum Gasteiger partial charge on any atom is -0.376 e. The number of aliphatic hydroxyl groups is 1. The third-order valence-corrected chi connectivity index (χ3v) is 3.01. The minimum atomic E-state index is -1.14. The molecule has 0 unspecified atom stereocenters. The van der Waals surface area contributed by atoms with Gasteiger partial charge in [-0.1, -0.05) is 12.3 Å². The van der Waals surface area contributed by atoms with Gasteiger partial charge in [-0.3, -0.25) is 10.1 Å². The molecular formula is C11H18N2O2. The molecule has 4 heteroatoms. The Morgan fingerprint density at radius 3 is 2.93 bits per heavy atom. The number of carbonyl (C=O) groups excluding carboxylic acids is 1. The van der Waals surface area contributed by atoms with Crippen molar-refractivity contribution in [2.75, 3.05) is 0 Å². The molecule has 0 aliphatic heterocycles. The maximum absolute atomic E-state index is 10.9. The molecule has 1 rings (SSSR count). The first-order valence-electron chi connectivity index (χ1n) is 5.25. The molecule has 0 spiro atoms. The van der Waals surface area contributed by atoms with Gasteiger partial charge in [-0.2, -0.15) is 0 Å². The van der Waals surface area contributed by atoms with Crippen LogP contribution >= 0.6 is 0 Å². The highest BCUT2D eigenvalue weighted by Crippen LogP contribution is 2.28. The summed E-state index contributed by atoms with van der Waals surface area (Å²) in [6, 6.07) is -0.702. The zero-order chi connectivity index (χ0) is 11.5. The number of hydrogen-bond acceptors (Lipinski definition) is 3. The maximum atomic E-state index is 10.9. The van der Waals surface area contributed by atoms with Gasteiger partial charge in [0.1, 0.15) is 5.60 Å². The molecule has 0 saturated heterocycles. The second-order valence-electron chi connectivity index (χ2n) is 4.16. The van der Waals surface area contributed by atoms with Gasteiger partial charge in [0.25, 0.3) is 0 Å². The van der Waals surface area contributed by atoms with Crippen LogP contribution in [0.15, 0.2) is 0 Å². The van der Waals surface area contributed by atoms with E-state index in [1.54, 1.807) is 6.92 Å². The molecule has 0 radical (unpaired) electrons. The summed E-state index contributed by atoms with van der Waals surface area (Å²) in [6.07, 6.45) is 8.60. The Hall–Kier alpha value is -1.05. The summed E-state index contributed by atoms with van der Waals surface area (Å²) >= 11 is 0. The van der Waals surface area contributed by atoms with E-state index in [-0.39, 0.29) is 6.04 Å². The highest BCUT2D eigenvalue weighted by molar-refractivity contribution is 5.79. The van der Waals surface area contributed by atoms with Crippen molar-refractivity contribution < 1.29 is 9.90 Å². The highest BCUT2D eigenvalue weighted by atomic mass is 16.3. The van der Waals surface area contributed by atoms with Crippen LogP contribution in [0.2, 0.25) is 0 Å². The number of hydrogen-bond donors (Lipinski definition) is 3. The van der Waals surface area contributed by atoms with Crippen LogP contribution in [-0.2, 0) is 4.79 Å². The molecule has 0 bridgehead atoms. The molecule has 0 aromatic rings. The average molecular weight is 210 g/mol. The Balaban J connectivity index is 2.66. The van der Waals surface area contributed by atoms with E-state index in [0.717, 1.165) is 19.3 Å². The van der Waals surface area contributed by atoms with Crippen molar-refractivity contribution in [3.05, 3.63) is 0 Å². The van der Waals surface area contributed by atoms with Gasteiger partial charge < -0.3 is 10.8 Å². The predicted molar refractivity (Wildman–Crippen MR) is 57.8 cm³/mol. The van der Waals surface area contributed by atoms with E-state index in [1.165, 1.54) is 0 Å². The first-order valence-corrected chi connectivity index (χ1v) is 5.25. The maximum Gasteiger partial charge on any atom is 0.234 e. The zero-order valence-electron chi connectivity index (χ0n) is 8.99. The lowest BCUT2D eigenvalue weighted by Gasteiger charge is -2.37. The molecule has 0 aromatic heterocycles. The Morgan fingerprint density at radius 1 is 1.73 bits per heavy atom. The molecule has 1 amide bonds. The number of amides is 1. The largest absolute Gasteiger partial charge is 0.376 e. The molecule has 84 valence electrons. The number of primary amides is 1. The van der Waals surface area contributed by atoms with Crippen LogP contribution in [0.1, 0.15) is 32.6 Å². The van der Waals surface area contributed by atoms with Crippen molar-refractivity contribution in [3.63, 3.8) is 0 Å². The number of nitrogens with one attached hydrogen (secondary N) is 1. The molecule has 15 heavy (non-hydrogen) atoms. The lowest BCUT2D eigenvalue weighted by molar-refractivity contribution is -0.120. The van der Waals surface area contributed by atoms with Gasteiger partial charge in [-0.05, 0) is 26.2 Å². The molecule has 0 heterocycles. The van der Waals surface area contributed by atoms with Gasteiger partial charge in [0.2, 0.25) is 5.91 Å². The van der Waals surface area contributed by atoms with E-state index >= 15 is 0 Å². The van der Waals surface area contributed by atoms with Gasteiger partial charge in [0, 0.05) is 6.04 Å². The lowest BCUT2D eigenvalue weighted by Crippen LogP contribution is -2.56. The standard InChI is InChI=1S/C11H18N2O2/c1-3-11(15)7-5-4-6-9(11)13-8(2)10(12)14/h1,8-9,13,15H,4-7H2,2H3,(H2,12,14)/t8-,9-,11-/m0/s1. The molecule has 1 saturated carbocycles. The zero-order valence-corrected chi connectivity index (χ0v) is 8.99. The van der Waals surface area contributed by atoms with Gasteiger partial charge in [-0.15, -0.1) is 6.42 Å². The van der Waals surface area contributed by atoms with Crippen LogP contribution in [0, 0.1) is 12.3 Å². The Bertz CT molecular complexity index is 285. The predicted octanol–water partition coefficient (Wildman–Crippen LogP) is -0.243. The van der Waals surface area contributed by atoms with E-state index in [2.05, 4.69) is 11.2 Å². The van der Waals surface area contributed by atoms with Gasteiger partial charge >= 0.3 is 0 Å². The third-order valence-electron chi connectivity index (χ3n) is 3.01. The van der Waals surface area contributed by atoms with Crippen LogP contribution < -0.4 is 11.1 Å².